The zero-order valence-corrected chi connectivity index (χ0v) is 14.5. The van der Waals surface area contributed by atoms with Gasteiger partial charge in [-0.25, -0.2) is 4.39 Å². The first-order valence-corrected chi connectivity index (χ1v) is 9.42. The number of rotatable bonds is 4. The highest BCUT2D eigenvalue weighted by Gasteiger charge is 2.46. The van der Waals surface area contributed by atoms with Crippen LogP contribution in [-0.4, -0.2) is 36.1 Å². The summed E-state index contributed by atoms with van der Waals surface area (Å²) in [5, 5.41) is 6.51. The molecule has 3 rings (SSSR count). The van der Waals surface area contributed by atoms with Gasteiger partial charge in [0.2, 0.25) is 11.8 Å². The summed E-state index contributed by atoms with van der Waals surface area (Å²) >= 11 is 0. The van der Waals surface area contributed by atoms with E-state index in [4.69, 9.17) is 5.73 Å². The number of nitrogens with two attached hydrogens (primary N) is 1. The third kappa shape index (κ3) is 3.90. The van der Waals surface area contributed by atoms with E-state index in [0.717, 1.165) is 32.1 Å². The van der Waals surface area contributed by atoms with Crippen molar-refractivity contribution in [1.82, 2.24) is 10.6 Å². The topological polar surface area (TPSA) is 84.2 Å². The Balaban J connectivity index is 1.53. The maximum atomic E-state index is 14.2. The molecule has 7 unspecified atom stereocenters. The maximum absolute atomic E-state index is 14.2. The van der Waals surface area contributed by atoms with E-state index in [-0.39, 0.29) is 41.8 Å². The molecule has 6 heteroatoms. The molecule has 136 valence electrons. The number of nitrogens with one attached hydrogen (secondary N) is 2. The minimum Gasteiger partial charge on any atom is -0.370 e. The van der Waals surface area contributed by atoms with Crippen LogP contribution in [-0.2, 0) is 9.59 Å². The van der Waals surface area contributed by atoms with Crippen LogP contribution in [0.2, 0.25) is 0 Å². The molecule has 1 saturated heterocycles. The number of halogens is 1. The molecular formula is C18H30FN3O2. The van der Waals surface area contributed by atoms with Crippen LogP contribution in [0.4, 0.5) is 4.39 Å². The van der Waals surface area contributed by atoms with Crippen LogP contribution >= 0.6 is 0 Å². The summed E-state index contributed by atoms with van der Waals surface area (Å²) in [6.07, 6.45) is 5.50. The Kier molecular flexibility index (Phi) is 5.42. The molecule has 2 saturated carbocycles. The second-order valence-electron chi connectivity index (χ2n) is 8.12. The van der Waals surface area contributed by atoms with E-state index in [9.17, 15) is 14.0 Å². The lowest BCUT2D eigenvalue weighted by molar-refractivity contribution is -0.124. The maximum Gasteiger partial charge on any atom is 0.237 e. The molecule has 0 bridgehead atoms. The molecule has 0 aromatic carbocycles. The van der Waals surface area contributed by atoms with E-state index in [0.29, 0.717) is 25.2 Å². The number of alkyl halides is 1. The zero-order chi connectivity index (χ0) is 17.3. The van der Waals surface area contributed by atoms with Gasteiger partial charge >= 0.3 is 0 Å². The molecule has 0 radical (unpaired) electrons. The van der Waals surface area contributed by atoms with Crippen molar-refractivity contribution in [2.24, 2.45) is 23.5 Å². The lowest BCUT2D eigenvalue weighted by Crippen LogP contribution is -2.49. The van der Waals surface area contributed by atoms with Crippen molar-refractivity contribution in [2.45, 2.75) is 82.6 Å². The predicted octanol–water partition coefficient (Wildman–Crippen LogP) is 1.65. The highest BCUT2D eigenvalue weighted by atomic mass is 19.1. The van der Waals surface area contributed by atoms with Gasteiger partial charge in [0.15, 0.2) is 0 Å². The average Bonchev–Trinajstić information content (AvgIpc) is 2.97. The molecule has 3 aliphatic rings. The van der Waals surface area contributed by atoms with E-state index in [2.05, 4.69) is 17.6 Å². The molecule has 3 fully saturated rings. The van der Waals surface area contributed by atoms with E-state index < -0.39 is 6.17 Å². The van der Waals surface area contributed by atoms with E-state index in [1.54, 1.807) is 0 Å². The molecule has 0 aromatic rings. The number of carbonyl (C=O) groups is 2. The summed E-state index contributed by atoms with van der Waals surface area (Å²) in [5.74, 6) is 0.397. The first-order valence-electron chi connectivity index (χ1n) is 9.42. The van der Waals surface area contributed by atoms with Crippen molar-refractivity contribution < 1.29 is 14.0 Å². The third-order valence-corrected chi connectivity index (χ3v) is 6.27. The largest absolute Gasteiger partial charge is 0.370 e. The van der Waals surface area contributed by atoms with Gasteiger partial charge in [-0.05, 0) is 50.4 Å². The van der Waals surface area contributed by atoms with Gasteiger partial charge in [-0.1, -0.05) is 13.3 Å². The van der Waals surface area contributed by atoms with Crippen LogP contribution in [0.25, 0.3) is 0 Å². The normalized spacial score (nSPS) is 42.3. The van der Waals surface area contributed by atoms with Crippen molar-refractivity contribution >= 4 is 11.8 Å². The lowest BCUT2D eigenvalue weighted by Gasteiger charge is -2.33. The Bertz CT molecular complexity index is 469. The highest BCUT2D eigenvalue weighted by molar-refractivity contribution is 5.82. The second kappa shape index (κ2) is 7.38. The molecule has 1 aliphatic heterocycles. The number of hydrogen-bond donors (Lipinski definition) is 3. The molecule has 0 spiro atoms. The Hall–Kier alpha value is -1.17. The molecule has 5 nitrogen and oxygen atoms in total. The van der Waals surface area contributed by atoms with Gasteiger partial charge in [-0.2, -0.15) is 0 Å². The Morgan fingerprint density at radius 1 is 1.21 bits per heavy atom. The van der Waals surface area contributed by atoms with E-state index in [1.165, 1.54) is 0 Å². The van der Waals surface area contributed by atoms with Gasteiger partial charge in [-0.3, -0.25) is 9.59 Å². The molecule has 2 aliphatic carbocycles. The van der Waals surface area contributed by atoms with Crippen LogP contribution in [0.15, 0.2) is 0 Å². The highest BCUT2D eigenvalue weighted by Crippen LogP contribution is 2.38. The number of carbonyl (C=O) groups excluding carboxylic acids is 2. The number of amides is 2. The van der Waals surface area contributed by atoms with Crippen molar-refractivity contribution in [3.05, 3.63) is 0 Å². The number of fused-ring (bicyclic) bond motifs is 1. The van der Waals surface area contributed by atoms with E-state index >= 15 is 0 Å². The zero-order valence-electron chi connectivity index (χ0n) is 14.5. The third-order valence-electron chi connectivity index (χ3n) is 6.27. The van der Waals surface area contributed by atoms with Crippen molar-refractivity contribution in [3.63, 3.8) is 0 Å². The van der Waals surface area contributed by atoms with Crippen molar-refractivity contribution in [2.75, 3.05) is 0 Å². The average molecular weight is 339 g/mol. The summed E-state index contributed by atoms with van der Waals surface area (Å²) in [6, 6.07) is -0.0487. The van der Waals surface area contributed by atoms with Crippen LogP contribution in [0.5, 0.6) is 0 Å². The molecule has 7 atom stereocenters. The number of primary amides is 1. The smallest absolute Gasteiger partial charge is 0.237 e. The molecule has 2 amide bonds. The molecule has 24 heavy (non-hydrogen) atoms. The summed E-state index contributed by atoms with van der Waals surface area (Å²) in [5.41, 5.74) is 5.29. The first kappa shape index (κ1) is 17.6. The minimum atomic E-state index is -0.786. The Labute approximate surface area is 143 Å². The molecule has 1 heterocycles. The molecule has 4 N–H and O–H groups in total. The van der Waals surface area contributed by atoms with Gasteiger partial charge in [0.05, 0.1) is 6.04 Å². The quantitative estimate of drug-likeness (QED) is 0.728. The van der Waals surface area contributed by atoms with Crippen LogP contribution in [0.1, 0.15) is 58.3 Å². The van der Waals surface area contributed by atoms with Gasteiger partial charge in [0, 0.05) is 24.4 Å². The van der Waals surface area contributed by atoms with Gasteiger partial charge in [-0.15, -0.1) is 0 Å². The monoisotopic (exact) mass is 339 g/mol. The second-order valence-corrected chi connectivity index (χ2v) is 8.12. The Morgan fingerprint density at radius 3 is 2.71 bits per heavy atom. The summed E-state index contributed by atoms with van der Waals surface area (Å²) in [4.78, 5) is 23.7. The standard InChI is InChI=1S/C18H30FN3O2/c1-10-5-6-14(19)13-9-15(22-17(10)13)18(24)21-12-4-2-3-11(7-12)8-16(20)23/h10-15,17,22H,2-9H2,1H3,(H2,20,23)(H,21,24). The lowest BCUT2D eigenvalue weighted by atomic mass is 9.77. The predicted molar refractivity (Wildman–Crippen MR) is 89.8 cm³/mol. The fourth-order valence-corrected chi connectivity index (χ4v) is 4.99. The summed E-state index contributed by atoms with van der Waals surface area (Å²) in [6.45, 7) is 2.15. The fraction of sp³-hybridized carbons (Fsp3) is 0.889. The van der Waals surface area contributed by atoms with Gasteiger partial charge < -0.3 is 16.4 Å². The van der Waals surface area contributed by atoms with Crippen molar-refractivity contribution in [1.29, 1.82) is 0 Å². The minimum absolute atomic E-state index is 0.00600. The van der Waals surface area contributed by atoms with Crippen LogP contribution < -0.4 is 16.4 Å². The molecule has 0 aromatic heterocycles. The summed E-state index contributed by atoms with van der Waals surface area (Å²) in [7, 11) is 0. The SMILES string of the molecule is CC1CCC(F)C2CC(C(=O)NC3CCCC(CC(N)=O)C3)NC12. The van der Waals surface area contributed by atoms with Gasteiger partial charge in [0.25, 0.3) is 0 Å². The molecular weight excluding hydrogens is 309 g/mol. The van der Waals surface area contributed by atoms with Gasteiger partial charge in [0.1, 0.15) is 6.17 Å². The van der Waals surface area contributed by atoms with Crippen molar-refractivity contribution in [3.8, 4) is 0 Å². The summed E-state index contributed by atoms with van der Waals surface area (Å²) < 4.78 is 14.2. The fourth-order valence-electron chi connectivity index (χ4n) is 4.99. The number of hydrogen-bond acceptors (Lipinski definition) is 3. The van der Waals surface area contributed by atoms with Crippen LogP contribution in [0.3, 0.4) is 0 Å². The van der Waals surface area contributed by atoms with Crippen LogP contribution in [0, 0.1) is 17.8 Å². The van der Waals surface area contributed by atoms with E-state index in [1.807, 2.05) is 0 Å². The first-order chi connectivity index (χ1) is 11.4. The Morgan fingerprint density at radius 2 is 2.00 bits per heavy atom.